The summed E-state index contributed by atoms with van der Waals surface area (Å²) in [6.07, 6.45) is 1.19. The summed E-state index contributed by atoms with van der Waals surface area (Å²) in [4.78, 5) is 0. The second-order valence-electron chi connectivity index (χ2n) is 7.17. The Morgan fingerprint density at radius 1 is 0.500 bits per heavy atom. The second-order valence-corrected chi connectivity index (χ2v) is 12.1. The predicted octanol–water partition coefficient (Wildman–Crippen LogP) is 6.48. The van der Waals surface area contributed by atoms with E-state index in [2.05, 4.69) is 128 Å². The second kappa shape index (κ2) is 15.0. The Morgan fingerprint density at radius 2 is 0.781 bits per heavy atom. The van der Waals surface area contributed by atoms with Crippen LogP contribution in [0, 0.1) is 0 Å². The largest absolute Gasteiger partial charge is 2.00 e. The molecule has 0 fully saturated rings. The van der Waals surface area contributed by atoms with E-state index in [-0.39, 0.29) is 53.2 Å². The molecular weight excluding hydrogens is 564 g/mol. The summed E-state index contributed by atoms with van der Waals surface area (Å²) in [6, 6.07) is 44.3. The molecule has 0 heterocycles. The molecule has 0 aliphatic rings. The average molecular weight is 592 g/mol. The molecule has 0 amide bonds. The Morgan fingerprint density at radius 3 is 1.09 bits per heavy atom. The van der Waals surface area contributed by atoms with Crippen LogP contribution in [0.2, 0.25) is 0 Å². The molecule has 0 saturated heterocycles. The Kier molecular flexibility index (Phi) is 13.6. The van der Waals surface area contributed by atoms with Crippen LogP contribution < -0.4 is 21.2 Å². The molecule has 32 heavy (non-hydrogen) atoms. The summed E-state index contributed by atoms with van der Waals surface area (Å²) in [6.45, 7) is 2.45. The van der Waals surface area contributed by atoms with Gasteiger partial charge in [0.1, 0.15) is 0 Å². The quantitative estimate of drug-likeness (QED) is 0.171. The van der Waals surface area contributed by atoms with Crippen LogP contribution in [-0.2, 0) is 20.4 Å². The van der Waals surface area contributed by atoms with E-state index in [1.165, 1.54) is 27.4 Å². The van der Waals surface area contributed by atoms with Gasteiger partial charge >= 0.3 is 20.4 Å². The van der Waals surface area contributed by atoms with Crippen molar-refractivity contribution >= 4 is 61.9 Å². The Hall–Kier alpha value is -1.02. The zero-order valence-electron chi connectivity index (χ0n) is 17.9. The van der Waals surface area contributed by atoms with Crippen molar-refractivity contribution in [1.29, 1.82) is 0 Å². The van der Waals surface area contributed by atoms with Gasteiger partial charge in [-0.2, -0.15) is 0 Å². The monoisotopic (exact) mass is 590 g/mol. The third-order valence-corrected chi connectivity index (χ3v) is 10.9. The predicted molar refractivity (Wildman–Crippen MR) is 147 cm³/mol. The zero-order valence-corrected chi connectivity index (χ0v) is 22.8. The van der Waals surface area contributed by atoms with E-state index in [9.17, 15) is 0 Å². The molecule has 168 valence electrons. The molecule has 0 spiro atoms. The van der Waals surface area contributed by atoms with Crippen molar-refractivity contribution in [3.63, 3.8) is 0 Å². The van der Waals surface area contributed by atoms with E-state index in [4.69, 9.17) is 0 Å². The molecule has 0 aliphatic carbocycles. The minimum Gasteiger partial charge on any atom is -0.147 e. The number of rotatable bonds is 7. The summed E-state index contributed by atoms with van der Waals surface area (Å²) in [5, 5.41) is 5.88. The molecule has 1 unspecified atom stereocenters. The van der Waals surface area contributed by atoms with Gasteiger partial charge in [0.25, 0.3) is 0 Å². The van der Waals surface area contributed by atoms with Gasteiger partial charge in [0.15, 0.2) is 0 Å². The number of halogens is 2. The van der Waals surface area contributed by atoms with E-state index in [0.29, 0.717) is 5.66 Å². The van der Waals surface area contributed by atoms with Crippen LogP contribution >= 0.6 is 40.7 Å². The molecule has 0 radical (unpaired) electrons. The van der Waals surface area contributed by atoms with Gasteiger partial charge in [-0.15, -0.1) is 24.8 Å². The van der Waals surface area contributed by atoms with Crippen molar-refractivity contribution in [3.05, 3.63) is 121 Å². The van der Waals surface area contributed by atoms with Crippen molar-refractivity contribution in [1.82, 2.24) is 0 Å². The number of hydrogen-bond acceptors (Lipinski definition) is 0. The Bertz CT molecular complexity index is 924. The summed E-state index contributed by atoms with van der Waals surface area (Å²) >= 11 is 0. The van der Waals surface area contributed by atoms with Crippen LogP contribution in [0.25, 0.3) is 0 Å². The van der Waals surface area contributed by atoms with Crippen LogP contribution in [0.4, 0.5) is 0 Å². The van der Waals surface area contributed by atoms with E-state index < -0.39 is 7.92 Å². The van der Waals surface area contributed by atoms with Gasteiger partial charge in [-0.3, -0.25) is 0 Å². The van der Waals surface area contributed by atoms with E-state index in [0.717, 1.165) is 0 Å². The maximum atomic E-state index is 2.45. The van der Waals surface area contributed by atoms with E-state index in [1.54, 1.807) is 0 Å². The Labute approximate surface area is 221 Å². The fraction of sp³-hybridized carbons (Fsp3) is 0.111. The molecule has 4 aromatic rings. The smallest absolute Gasteiger partial charge is 0.147 e. The summed E-state index contributed by atoms with van der Waals surface area (Å²) in [7, 11) is -0.796. The van der Waals surface area contributed by atoms with Crippen LogP contribution in [0.15, 0.2) is 121 Å². The van der Waals surface area contributed by atoms with Crippen LogP contribution in [0.5, 0.6) is 0 Å². The van der Waals surface area contributed by atoms with Crippen molar-refractivity contribution in [2.24, 2.45) is 0 Å². The molecule has 0 nitrogen and oxygen atoms in total. The minimum absolute atomic E-state index is 0. The van der Waals surface area contributed by atoms with Crippen molar-refractivity contribution in [2.45, 2.75) is 12.6 Å². The zero-order chi connectivity index (χ0) is 19.9. The van der Waals surface area contributed by atoms with Gasteiger partial charge < -0.3 is 0 Å². The molecule has 0 N–H and O–H groups in total. The maximum absolute atomic E-state index is 2.45. The standard InChI is InChI=1S/C27H26P2.2ClH.Pd/c1-23(29(26-18-10-4-11-19-26)27-20-12-5-13-21-27)22-28(24-14-6-2-7-15-24)25-16-8-3-9-17-25;;;/h2-21,23H,22H2,1H3;2*1H;/q;;;+2. The van der Waals surface area contributed by atoms with Crippen LogP contribution in [-0.4, -0.2) is 11.8 Å². The molecular formula is C27H28Cl2P2Pd+2. The summed E-state index contributed by atoms with van der Waals surface area (Å²) in [5.74, 6) is 0. The Balaban J connectivity index is 0.00000171. The molecule has 0 aromatic heterocycles. The van der Waals surface area contributed by atoms with Crippen molar-refractivity contribution < 1.29 is 20.4 Å². The first-order valence-electron chi connectivity index (χ1n) is 10.1. The maximum Gasteiger partial charge on any atom is 2.00 e. The minimum atomic E-state index is -0.409. The fourth-order valence-electron chi connectivity index (χ4n) is 3.76. The molecule has 0 aliphatic heterocycles. The molecule has 5 heteroatoms. The topological polar surface area (TPSA) is 0 Å². The molecule has 1 atom stereocenters. The molecule has 4 rings (SSSR count). The normalized spacial score (nSPS) is 11.1. The number of hydrogen-bond donors (Lipinski definition) is 0. The van der Waals surface area contributed by atoms with Gasteiger partial charge in [-0.05, 0) is 48.9 Å². The first-order chi connectivity index (χ1) is 14.3. The first kappa shape index (κ1) is 29.0. The third kappa shape index (κ3) is 7.51. The average Bonchev–Trinajstić information content (AvgIpc) is 2.80. The number of benzene rings is 4. The van der Waals surface area contributed by atoms with E-state index in [1.807, 2.05) is 0 Å². The molecule has 0 bridgehead atoms. The molecule has 4 aromatic carbocycles. The van der Waals surface area contributed by atoms with Gasteiger partial charge in [0, 0.05) is 0 Å². The third-order valence-electron chi connectivity index (χ3n) is 5.09. The fourth-order valence-corrected chi connectivity index (χ4v) is 9.51. The summed E-state index contributed by atoms with van der Waals surface area (Å²) in [5.41, 5.74) is 0.585. The van der Waals surface area contributed by atoms with Gasteiger partial charge in [0.2, 0.25) is 0 Å². The van der Waals surface area contributed by atoms with Crippen molar-refractivity contribution in [3.8, 4) is 0 Å². The van der Waals surface area contributed by atoms with E-state index >= 15 is 0 Å². The van der Waals surface area contributed by atoms with Crippen LogP contribution in [0.1, 0.15) is 6.92 Å². The van der Waals surface area contributed by atoms with Crippen molar-refractivity contribution in [2.75, 3.05) is 6.16 Å². The van der Waals surface area contributed by atoms with Gasteiger partial charge in [0.05, 0.1) is 0 Å². The van der Waals surface area contributed by atoms with Gasteiger partial charge in [-0.25, -0.2) is 0 Å². The molecule has 0 saturated carbocycles. The first-order valence-corrected chi connectivity index (χ1v) is 13.0. The SMILES string of the molecule is CC(CP(c1ccccc1)c1ccccc1)P(c1ccccc1)c1ccccc1.Cl.Cl.[Pd+2]. The van der Waals surface area contributed by atoms with Gasteiger partial charge in [-0.1, -0.05) is 128 Å². The summed E-state index contributed by atoms with van der Waals surface area (Å²) < 4.78 is 0. The van der Waals surface area contributed by atoms with Crippen LogP contribution in [0.3, 0.4) is 0 Å².